The second-order valence-electron chi connectivity index (χ2n) is 5.44. The summed E-state index contributed by atoms with van der Waals surface area (Å²) in [5, 5.41) is -0.127. The van der Waals surface area contributed by atoms with Gasteiger partial charge in [0.25, 0.3) is 0 Å². The number of rotatable bonds is 4. The number of nitrogen functional groups attached to an aromatic ring is 1. The fourth-order valence-electron chi connectivity index (χ4n) is 2.73. The van der Waals surface area contributed by atoms with Gasteiger partial charge >= 0.3 is 0 Å². The van der Waals surface area contributed by atoms with E-state index >= 15 is 0 Å². The molecule has 0 atom stereocenters. The van der Waals surface area contributed by atoms with E-state index in [-0.39, 0.29) is 15.6 Å². The predicted octanol–water partition coefficient (Wildman–Crippen LogP) is 3.26. The Kier molecular flexibility index (Phi) is 5.11. The molecule has 118 valence electrons. The average Bonchev–Trinajstić information content (AvgIpc) is 2.43. The van der Waals surface area contributed by atoms with Crippen LogP contribution in [0.2, 0.25) is 5.02 Å². The maximum atomic E-state index is 13.3. The fourth-order valence-corrected chi connectivity index (χ4v) is 4.72. The summed E-state index contributed by atoms with van der Waals surface area (Å²) in [6.07, 6.45) is 3.93. The summed E-state index contributed by atoms with van der Waals surface area (Å²) in [6, 6.07) is 2.05. The molecule has 0 aliphatic carbocycles. The van der Waals surface area contributed by atoms with Gasteiger partial charge in [-0.3, -0.25) is 0 Å². The number of hydrogen-bond donors (Lipinski definition) is 1. The van der Waals surface area contributed by atoms with Crippen LogP contribution < -0.4 is 5.73 Å². The SMILES string of the molecule is CCCC1CCN(S(=O)(=O)c2cc(N)c(F)cc2Cl)CC1. The van der Waals surface area contributed by atoms with E-state index in [2.05, 4.69) is 6.92 Å². The molecule has 0 aromatic heterocycles. The Balaban J connectivity index is 2.22. The molecular formula is C14H20ClFN2O2S. The average molecular weight is 335 g/mol. The van der Waals surface area contributed by atoms with Crippen molar-refractivity contribution < 1.29 is 12.8 Å². The summed E-state index contributed by atoms with van der Waals surface area (Å²) in [5.74, 6) is -0.129. The third-order valence-electron chi connectivity index (χ3n) is 3.94. The van der Waals surface area contributed by atoms with Gasteiger partial charge in [0, 0.05) is 13.1 Å². The first-order chi connectivity index (χ1) is 9.86. The smallest absolute Gasteiger partial charge is 0.244 e. The van der Waals surface area contributed by atoms with Crippen LogP contribution in [0.4, 0.5) is 10.1 Å². The Morgan fingerprint density at radius 1 is 1.38 bits per heavy atom. The molecule has 0 bridgehead atoms. The minimum absolute atomic E-state index is 0.114. The van der Waals surface area contributed by atoms with E-state index < -0.39 is 15.8 Å². The highest BCUT2D eigenvalue weighted by molar-refractivity contribution is 7.89. The molecule has 0 saturated carbocycles. The highest BCUT2D eigenvalue weighted by Gasteiger charge is 2.31. The van der Waals surface area contributed by atoms with Crippen molar-refractivity contribution in [1.82, 2.24) is 4.31 Å². The van der Waals surface area contributed by atoms with Gasteiger partial charge < -0.3 is 5.73 Å². The molecule has 1 aromatic carbocycles. The van der Waals surface area contributed by atoms with Gasteiger partial charge in [0.05, 0.1) is 10.7 Å². The summed E-state index contributed by atoms with van der Waals surface area (Å²) in [5.41, 5.74) is 5.25. The van der Waals surface area contributed by atoms with Crippen molar-refractivity contribution in [2.24, 2.45) is 5.92 Å². The van der Waals surface area contributed by atoms with Crippen LogP contribution in [0.3, 0.4) is 0 Å². The van der Waals surface area contributed by atoms with Crippen molar-refractivity contribution in [3.63, 3.8) is 0 Å². The zero-order valence-corrected chi connectivity index (χ0v) is 13.6. The zero-order chi connectivity index (χ0) is 15.6. The molecule has 0 radical (unpaired) electrons. The fraction of sp³-hybridized carbons (Fsp3) is 0.571. The number of nitrogens with zero attached hydrogens (tertiary/aromatic N) is 1. The summed E-state index contributed by atoms with van der Waals surface area (Å²) in [7, 11) is -3.72. The molecule has 1 aromatic rings. The van der Waals surface area contributed by atoms with Gasteiger partial charge in [-0.25, -0.2) is 12.8 Å². The normalized spacial score (nSPS) is 18.0. The Morgan fingerprint density at radius 2 is 2.00 bits per heavy atom. The molecule has 1 aliphatic heterocycles. The van der Waals surface area contributed by atoms with Crippen molar-refractivity contribution in [3.05, 3.63) is 23.0 Å². The second kappa shape index (κ2) is 6.50. The van der Waals surface area contributed by atoms with Gasteiger partial charge in [-0.1, -0.05) is 31.4 Å². The lowest BCUT2D eigenvalue weighted by atomic mass is 9.94. The van der Waals surface area contributed by atoms with Crippen LogP contribution in [0, 0.1) is 11.7 Å². The highest BCUT2D eigenvalue weighted by Crippen LogP contribution is 2.31. The van der Waals surface area contributed by atoms with Crippen molar-refractivity contribution in [1.29, 1.82) is 0 Å². The lowest BCUT2D eigenvalue weighted by molar-refractivity contribution is 0.262. The maximum Gasteiger partial charge on any atom is 0.244 e. The number of nitrogens with two attached hydrogens (primary N) is 1. The molecule has 2 rings (SSSR count). The van der Waals surface area contributed by atoms with Gasteiger partial charge in [-0.15, -0.1) is 0 Å². The van der Waals surface area contributed by atoms with E-state index in [1.165, 1.54) is 4.31 Å². The predicted molar refractivity (Wildman–Crippen MR) is 82.2 cm³/mol. The minimum Gasteiger partial charge on any atom is -0.396 e. The Bertz CT molecular complexity index is 614. The molecule has 4 nitrogen and oxygen atoms in total. The molecular weight excluding hydrogens is 315 g/mol. The van der Waals surface area contributed by atoms with E-state index in [0.717, 1.165) is 37.8 Å². The molecule has 1 heterocycles. The second-order valence-corrected chi connectivity index (χ2v) is 7.75. The number of benzene rings is 1. The van der Waals surface area contributed by atoms with E-state index in [4.69, 9.17) is 17.3 Å². The third kappa shape index (κ3) is 3.49. The van der Waals surface area contributed by atoms with Gasteiger partial charge in [-0.2, -0.15) is 4.31 Å². The maximum absolute atomic E-state index is 13.3. The number of halogens is 2. The van der Waals surface area contributed by atoms with Crippen LogP contribution in [0.25, 0.3) is 0 Å². The quantitative estimate of drug-likeness (QED) is 0.859. The molecule has 21 heavy (non-hydrogen) atoms. The molecule has 1 aliphatic rings. The first-order valence-corrected chi connectivity index (χ1v) is 8.92. The van der Waals surface area contributed by atoms with Crippen LogP contribution in [0.5, 0.6) is 0 Å². The molecule has 0 amide bonds. The van der Waals surface area contributed by atoms with Crippen LogP contribution in [0.15, 0.2) is 17.0 Å². The van der Waals surface area contributed by atoms with E-state index in [0.29, 0.717) is 19.0 Å². The first-order valence-electron chi connectivity index (χ1n) is 7.11. The van der Waals surface area contributed by atoms with Crippen LogP contribution in [-0.4, -0.2) is 25.8 Å². The lowest BCUT2D eigenvalue weighted by Crippen LogP contribution is -2.38. The Hall–Kier alpha value is -0.850. The van der Waals surface area contributed by atoms with Crippen molar-refractivity contribution >= 4 is 27.3 Å². The molecule has 1 fully saturated rings. The van der Waals surface area contributed by atoms with Crippen molar-refractivity contribution in [2.75, 3.05) is 18.8 Å². The van der Waals surface area contributed by atoms with Crippen molar-refractivity contribution in [3.8, 4) is 0 Å². The van der Waals surface area contributed by atoms with Crippen LogP contribution in [-0.2, 0) is 10.0 Å². The molecule has 0 unspecified atom stereocenters. The number of anilines is 1. The summed E-state index contributed by atoms with van der Waals surface area (Å²) < 4.78 is 39.9. The zero-order valence-electron chi connectivity index (χ0n) is 12.0. The van der Waals surface area contributed by atoms with Gasteiger partial charge in [0.1, 0.15) is 10.7 Å². The molecule has 1 saturated heterocycles. The van der Waals surface area contributed by atoms with Crippen LogP contribution in [0.1, 0.15) is 32.6 Å². The summed E-state index contributed by atoms with van der Waals surface area (Å²) in [6.45, 7) is 3.07. The third-order valence-corrected chi connectivity index (χ3v) is 6.30. The molecule has 0 spiro atoms. The summed E-state index contributed by atoms with van der Waals surface area (Å²) in [4.78, 5) is -0.114. The monoisotopic (exact) mass is 334 g/mol. The molecule has 2 N–H and O–H groups in total. The van der Waals surface area contributed by atoms with E-state index in [9.17, 15) is 12.8 Å². The minimum atomic E-state index is -3.72. The van der Waals surface area contributed by atoms with E-state index in [1.807, 2.05) is 0 Å². The van der Waals surface area contributed by atoms with Crippen molar-refractivity contribution in [2.45, 2.75) is 37.5 Å². The number of hydrogen-bond acceptors (Lipinski definition) is 3. The highest BCUT2D eigenvalue weighted by atomic mass is 35.5. The van der Waals surface area contributed by atoms with Gasteiger partial charge in [0.2, 0.25) is 10.0 Å². The van der Waals surface area contributed by atoms with Gasteiger partial charge in [-0.05, 0) is 30.9 Å². The van der Waals surface area contributed by atoms with Crippen LogP contribution >= 0.6 is 11.6 Å². The lowest BCUT2D eigenvalue weighted by Gasteiger charge is -2.31. The Labute approximate surface area is 130 Å². The Morgan fingerprint density at radius 3 is 2.57 bits per heavy atom. The van der Waals surface area contributed by atoms with E-state index in [1.54, 1.807) is 0 Å². The standard InChI is InChI=1S/C14H20ClFN2O2S/c1-2-3-10-4-6-18(7-5-10)21(19,20)14-9-13(17)12(16)8-11(14)15/h8-10H,2-7,17H2,1H3. The van der Waals surface area contributed by atoms with Gasteiger partial charge in [0.15, 0.2) is 0 Å². The number of piperidine rings is 1. The topological polar surface area (TPSA) is 63.4 Å². The molecule has 7 heteroatoms. The first kappa shape index (κ1) is 16.5. The largest absolute Gasteiger partial charge is 0.396 e. The number of sulfonamides is 1. The summed E-state index contributed by atoms with van der Waals surface area (Å²) >= 11 is 5.88.